The van der Waals surface area contributed by atoms with Gasteiger partial charge in [-0.1, -0.05) is 13.2 Å². The molecule has 0 spiro atoms. The fourth-order valence-corrected chi connectivity index (χ4v) is 2.29. The normalized spacial score (nSPS) is 16.2. The summed E-state index contributed by atoms with van der Waals surface area (Å²) in [5.41, 5.74) is -4.79. The molecule has 0 amide bonds. The Labute approximate surface area is 114 Å². The number of hydrogen-bond donors (Lipinski definition) is 0. The van der Waals surface area contributed by atoms with Crippen LogP contribution in [0.25, 0.3) is 0 Å². The van der Waals surface area contributed by atoms with E-state index in [1.54, 1.807) is 0 Å². The summed E-state index contributed by atoms with van der Waals surface area (Å²) < 4.78 is 62.5. The van der Waals surface area contributed by atoms with Crippen molar-refractivity contribution in [2.45, 2.75) is 31.7 Å². The van der Waals surface area contributed by atoms with Crippen molar-refractivity contribution in [2.24, 2.45) is 0 Å². The fraction of sp³-hybridized carbons (Fsp3) is 0.417. The molecule has 1 aliphatic rings. The van der Waals surface area contributed by atoms with Crippen molar-refractivity contribution in [1.82, 2.24) is 0 Å². The molecule has 0 aromatic rings. The largest absolute Gasteiger partial charge is 0.534 e. The first-order valence-corrected chi connectivity index (χ1v) is 7.00. The Hall–Kier alpha value is -1.57. The minimum Gasteiger partial charge on any atom is -0.376 e. The lowest BCUT2D eigenvalue weighted by Crippen LogP contribution is -2.25. The third-order valence-corrected chi connectivity index (χ3v) is 3.82. The molecule has 0 unspecified atom stereocenters. The molecule has 1 aliphatic carbocycles. The van der Waals surface area contributed by atoms with Crippen LogP contribution in [0.5, 0.6) is 0 Å². The van der Waals surface area contributed by atoms with Gasteiger partial charge < -0.3 is 4.18 Å². The van der Waals surface area contributed by atoms with Crippen molar-refractivity contribution in [3.63, 3.8) is 0 Å². The Kier molecular flexibility index (Phi) is 4.48. The number of carbonyl (C=O) groups excluding carboxylic acids is 1. The van der Waals surface area contributed by atoms with Gasteiger partial charge in [0.1, 0.15) is 5.76 Å². The van der Waals surface area contributed by atoms with E-state index in [0.29, 0.717) is 18.4 Å². The number of ketones is 1. The molecule has 8 heteroatoms. The molecule has 1 rings (SSSR count). The predicted molar refractivity (Wildman–Crippen MR) is 65.9 cm³/mol. The number of hydrogen-bond acceptors (Lipinski definition) is 4. The van der Waals surface area contributed by atoms with Crippen molar-refractivity contribution >= 4 is 15.9 Å². The third kappa shape index (κ3) is 3.30. The number of Topliss-reactive ketones (excluding diaryl/α,β-unsaturated/α-hetero) is 1. The van der Waals surface area contributed by atoms with E-state index in [0.717, 1.165) is 0 Å². The van der Waals surface area contributed by atoms with Gasteiger partial charge in [-0.3, -0.25) is 4.79 Å². The molecular weight excluding hydrogens is 297 g/mol. The summed E-state index contributed by atoms with van der Waals surface area (Å²) in [6, 6.07) is 0. The van der Waals surface area contributed by atoms with Crippen LogP contribution in [-0.4, -0.2) is 19.7 Å². The van der Waals surface area contributed by atoms with E-state index < -0.39 is 21.4 Å². The van der Waals surface area contributed by atoms with Gasteiger partial charge >= 0.3 is 15.6 Å². The van der Waals surface area contributed by atoms with Crippen LogP contribution in [0.15, 0.2) is 35.6 Å². The molecule has 0 aromatic heterocycles. The minimum absolute atomic E-state index is 0.131. The van der Waals surface area contributed by atoms with Crippen LogP contribution < -0.4 is 0 Å². The zero-order chi connectivity index (χ0) is 15.7. The second kappa shape index (κ2) is 5.43. The molecule has 0 radical (unpaired) electrons. The van der Waals surface area contributed by atoms with E-state index in [1.165, 1.54) is 6.92 Å². The Balaban J connectivity index is 3.06. The molecule has 0 bridgehead atoms. The van der Waals surface area contributed by atoms with Crippen molar-refractivity contribution < 1.29 is 30.6 Å². The highest BCUT2D eigenvalue weighted by atomic mass is 32.2. The second-order valence-corrected chi connectivity index (χ2v) is 5.79. The quantitative estimate of drug-likeness (QED) is 0.339. The van der Waals surface area contributed by atoms with Gasteiger partial charge in [-0.05, 0) is 37.3 Å². The van der Waals surface area contributed by atoms with Gasteiger partial charge in [0, 0.05) is 5.57 Å². The van der Waals surface area contributed by atoms with Crippen LogP contribution in [0.1, 0.15) is 26.2 Å². The topological polar surface area (TPSA) is 60.4 Å². The van der Waals surface area contributed by atoms with Gasteiger partial charge in [0.25, 0.3) is 0 Å². The number of halogens is 3. The number of carbonyl (C=O) groups is 1. The van der Waals surface area contributed by atoms with Crippen LogP contribution in [0, 0.1) is 0 Å². The second-order valence-electron chi connectivity index (χ2n) is 4.25. The zero-order valence-electron chi connectivity index (χ0n) is 10.7. The summed E-state index contributed by atoms with van der Waals surface area (Å²) in [5, 5.41) is 0. The first-order chi connectivity index (χ1) is 8.97. The van der Waals surface area contributed by atoms with Crippen LogP contribution in [0.2, 0.25) is 0 Å². The standard InChI is InChI=1S/C12H13F3O4S/c1-7(8(2)16)10-5-4-6-11(10)9(3)19-20(17,18)12(13,14)15/h1,3-6H2,2H3. The summed E-state index contributed by atoms with van der Waals surface area (Å²) in [6.45, 7) is 8.02. The van der Waals surface area contributed by atoms with Gasteiger partial charge in [0.05, 0.1) is 0 Å². The molecule has 0 saturated carbocycles. The third-order valence-electron chi connectivity index (χ3n) is 2.84. The average Bonchev–Trinajstić information content (AvgIpc) is 2.74. The first kappa shape index (κ1) is 16.5. The van der Waals surface area contributed by atoms with E-state index in [9.17, 15) is 26.4 Å². The molecule has 0 N–H and O–H groups in total. The minimum atomic E-state index is -5.75. The van der Waals surface area contributed by atoms with Crippen molar-refractivity contribution in [2.75, 3.05) is 0 Å². The highest BCUT2D eigenvalue weighted by Crippen LogP contribution is 2.37. The molecular formula is C12H13F3O4S. The lowest BCUT2D eigenvalue weighted by Gasteiger charge is -2.14. The Morgan fingerprint density at radius 1 is 1.20 bits per heavy atom. The van der Waals surface area contributed by atoms with Gasteiger partial charge in [0.15, 0.2) is 5.78 Å². The predicted octanol–water partition coefficient (Wildman–Crippen LogP) is 2.99. The monoisotopic (exact) mass is 310 g/mol. The molecule has 0 aliphatic heterocycles. The van der Waals surface area contributed by atoms with Crippen molar-refractivity contribution in [1.29, 1.82) is 0 Å². The van der Waals surface area contributed by atoms with Crippen LogP contribution in [-0.2, 0) is 19.1 Å². The fourth-order valence-electron chi connectivity index (χ4n) is 1.83. The Morgan fingerprint density at radius 2 is 1.70 bits per heavy atom. The summed E-state index contributed by atoms with van der Waals surface area (Å²) >= 11 is 0. The lowest BCUT2D eigenvalue weighted by molar-refractivity contribution is -0.113. The van der Waals surface area contributed by atoms with Crippen molar-refractivity contribution in [3.8, 4) is 0 Å². The van der Waals surface area contributed by atoms with E-state index in [2.05, 4.69) is 17.3 Å². The van der Waals surface area contributed by atoms with E-state index in [4.69, 9.17) is 0 Å². The van der Waals surface area contributed by atoms with Gasteiger partial charge in [0.2, 0.25) is 0 Å². The highest BCUT2D eigenvalue weighted by molar-refractivity contribution is 7.87. The molecule has 0 atom stereocenters. The van der Waals surface area contributed by atoms with Crippen LogP contribution >= 0.6 is 0 Å². The SMILES string of the molecule is C=C(OS(=O)(=O)C(F)(F)F)C1=C(C(=C)C(C)=O)CCC1. The average molecular weight is 310 g/mol. The molecule has 112 valence electrons. The molecule has 0 fully saturated rings. The Morgan fingerprint density at radius 3 is 2.15 bits per heavy atom. The van der Waals surface area contributed by atoms with E-state index in [-0.39, 0.29) is 23.4 Å². The zero-order valence-corrected chi connectivity index (χ0v) is 11.5. The summed E-state index contributed by atoms with van der Waals surface area (Å²) in [7, 11) is -5.75. The summed E-state index contributed by atoms with van der Waals surface area (Å²) in [5.74, 6) is -0.955. The summed E-state index contributed by atoms with van der Waals surface area (Å²) in [4.78, 5) is 11.2. The maximum absolute atomic E-state index is 12.2. The summed E-state index contributed by atoms with van der Waals surface area (Å²) in [6.07, 6.45) is 1.27. The highest BCUT2D eigenvalue weighted by Gasteiger charge is 2.49. The maximum Gasteiger partial charge on any atom is 0.534 e. The molecule has 0 saturated heterocycles. The van der Waals surface area contributed by atoms with Gasteiger partial charge in [-0.15, -0.1) is 0 Å². The number of rotatable bonds is 5. The maximum atomic E-state index is 12.2. The van der Waals surface area contributed by atoms with Crippen LogP contribution in [0.3, 0.4) is 0 Å². The smallest absolute Gasteiger partial charge is 0.376 e. The van der Waals surface area contributed by atoms with Crippen LogP contribution in [0.4, 0.5) is 13.2 Å². The molecule has 20 heavy (non-hydrogen) atoms. The van der Waals surface area contributed by atoms with Gasteiger partial charge in [-0.25, -0.2) is 0 Å². The Bertz CT molecular complexity index is 597. The van der Waals surface area contributed by atoms with Gasteiger partial charge in [-0.2, -0.15) is 21.6 Å². The van der Waals surface area contributed by atoms with Crippen molar-refractivity contribution in [3.05, 3.63) is 35.6 Å². The molecule has 4 nitrogen and oxygen atoms in total. The first-order valence-electron chi connectivity index (χ1n) is 5.59. The number of alkyl halides is 3. The number of allylic oxidation sites excluding steroid dienone is 3. The lowest BCUT2D eigenvalue weighted by atomic mass is 10.00. The molecule has 0 heterocycles. The van der Waals surface area contributed by atoms with E-state index in [1.807, 2.05) is 0 Å². The van der Waals surface area contributed by atoms with E-state index >= 15 is 0 Å². The molecule has 0 aromatic carbocycles.